The largest absolute Gasteiger partial charge is 0.573 e. The van der Waals surface area contributed by atoms with E-state index in [0.717, 1.165) is 12.1 Å². The number of halogens is 4. The standard InChI is InChI=1S/C8H9B3F4O2/c9-7(10,11)5-3(16)1-2-4(6(5)12)17-8(13,14)15/h1-2,16H,9-11H2. The van der Waals surface area contributed by atoms with Gasteiger partial charge in [-0.1, -0.05) is 5.11 Å². The van der Waals surface area contributed by atoms with Gasteiger partial charge in [0.15, 0.2) is 11.6 Å². The molecule has 0 saturated heterocycles. The van der Waals surface area contributed by atoms with Crippen molar-refractivity contribution < 1.29 is 27.4 Å². The lowest BCUT2D eigenvalue weighted by atomic mass is 9.40. The van der Waals surface area contributed by atoms with Gasteiger partial charge < -0.3 is 9.84 Å². The van der Waals surface area contributed by atoms with Gasteiger partial charge in [-0.05, 0) is 12.1 Å². The molecule has 0 radical (unpaired) electrons. The van der Waals surface area contributed by atoms with Crippen LogP contribution in [0.3, 0.4) is 0 Å². The molecule has 1 aromatic carbocycles. The van der Waals surface area contributed by atoms with E-state index in [4.69, 9.17) is 0 Å². The fourth-order valence-electron chi connectivity index (χ4n) is 1.46. The average Bonchev–Trinajstić information content (AvgIpc) is 2.06. The van der Waals surface area contributed by atoms with Gasteiger partial charge >= 0.3 is 6.36 Å². The van der Waals surface area contributed by atoms with E-state index in [-0.39, 0.29) is 5.56 Å². The van der Waals surface area contributed by atoms with Crippen molar-refractivity contribution in [3.8, 4) is 11.5 Å². The Morgan fingerprint density at radius 3 is 2.06 bits per heavy atom. The van der Waals surface area contributed by atoms with Gasteiger partial charge in [0.05, 0.1) is 23.5 Å². The Bertz CT molecular complexity index is 428. The van der Waals surface area contributed by atoms with Crippen LogP contribution in [-0.2, 0) is 5.11 Å². The monoisotopic (exact) mass is 246 g/mol. The first kappa shape index (κ1) is 13.8. The Morgan fingerprint density at radius 2 is 1.65 bits per heavy atom. The third-order valence-corrected chi connectivity index (χ3v) is 2.06. The summed E-state index contributed by atoms with van der Waals surface area (Å²) in [5, 5.41) is 8.64. The van der Waals surface area contributed by atoms with Crippen LogP contribution in [0.15, 0.2) is 12.1 Å². The van der Waals surface area contributed by atoms with Crippen LogP contribution in [0.25, 0.3) is 0 Å². The van der Waals surface area contributed by atoms with Crippen LogP contribution in [0, 0.1) is 5.82 Å². The van der Waals surface area contributed by atoms with Crippen molar-refractivity contribution in [3.63, 3.8) is 0 Å². The Balaban J connectivity index is 3.30. The maximum Gasteiger partial charge on any atom is 0.573 e. The maximum atomic E-state index is 13.8. The van der Waals surface area contributed by atoms with E-state index in [9.17, 15) is 22.7 Å². The number of rotatable bonds is 2. The van der Waals surface area contributed by atoms with Gasteiger partial charge in [-0.15, -0.1) is 13.2 Å². The first-order valence-electron chi connectivity index (χ1n) is 4.80. The highest BCUT2D eigenvalue weighted by Crippen LogP contribution is 2.35. The van der Waals surface area contributed by atoms with Gasteiger partial charge in [0.1, 0.15) is 5.75 Å². The first-order chi connectivity index (χ1) is 7.52. The van der Waals surface area contributed by atoms with Crippen molar-refractivity contribution in [1.82, 2.24) is 0 Å². The lowest BCUT2D eigenvalue weighted by Crippen LogP contribution is -2.29. The van der Waals surface area contributed by atoms with Crippen LogP contribution in [-0.4, -0.2) is 35.0 Å². The zero-order chi connectivity index (χ0) is 13.4. The molecule has 1 N–H and O–H groups in total. The summed E-state index contributed by atoms with van der Waals surface area (Å²) in [6.45, 7) is 0. The molecule has 1 aromatic rings. The smallest absolute Gasteiger partial charge is 0.508 e. The Labute approximate surface area is 98.2 Å². The van der Waals surface area contributed by atoms with E-state index in [1.54, 1.807) is 23.5 Å². The van der Waals surface area contributed by atoms with Crippen molar-refractivity contribution >= 4 is 23.5 Å². The summed E-state index contributed by atoms with van der Waals surface area (Å²) in [5.41, 5.74) is -0.209. The minimum absolute atomic E-state index is 0.209. The number of benzene rings is 1. The minimum atomic E-state index is -4.97. The molecule has 0 amide bonds. The van der Waals surface area contributed by atoms with Crippen LogP contribution in [0.1, 0.15) is 5.56 Å². The molecule has 0 spiro atoms. The van der Waals surface area contributed by atoms with Gasteiger partial charge in [0.2, 0.25) is 0 Å². The number of alkyl halides is 3. The second-order valence-electron chi connectivity index (χ2n) is 4.57. The number of hydrogen-bond acceptors (Lipinski definition) is 2. The van der Waals surface area contributed by atoms with E-state index in [1.165, 1.54) is 0 Å². The number of ether oxygens (including phenoxy) is 1. The Morgan fingerprint density at radius 1 is 1.12 bits per heavy atom. The zero-order valence-electron chi connectivity index (χ0n) is 9.52. The molecule has 1 rings (SSSR count). The van der Waals surface area contributed by atoms with Crippen molar-refractivity contribution in [2.75, 3.05) is 0 Å². The molecule has 0 saturated carbocycles. The number of phenols is 1. The molecule has 0 bridgehead atoms. The van der Waals surface area contributed by atoms with Crippen LogP contribution >= 0.6 is 0 Å². The molecular weight excluding hydrogens is 237 g/mol. The van der Waals surface area contributed by atoms with Crippen molar-refractivity contribution in [2.45, 2.75) is 11.5 Å². The average molecular weight is 246 g/mol. The van der Waals surface area contributed by atoms with Crippen LogP contribution in [0.5, 0.6) is 11.5 Å². The van der Waals surface area contributed by atoms with Gasteiger partial charge in [-0.2, -0.15) is 0 Å². The van der Waals surface area contributed by atoms with Crippen LogP contribution in [0.4, 0.5) is 17.6 Å². The van der Waals surface area contributed by atoms with Gasteiger partial charge in [-0.25, -0.2) is 4.39 Å². The summed E-state index contributed by atoms with van der Waals surface area (Å²) in [4.78, 5) is 0. The number of phenolic OH excluding ortho intramolecular Hbond substituents is 1. The quantitative estimate of drug-likeness (QED) is 0.559. The van der Waals surface area contributed by atoms with Crippen LogP contribution < -0.4 is 4.74 Å². The highest BCUT2D eigenvalue weighted by Gasteiger charge is 2.34. The Hall–Kier alpha value is -1.27. The summed E-state index contributed by atoms with van der Waals surface area (Å²) >= 11 is 0. The van der Waals surface area contributed by atoms with Gasteiger partial charge in [0, 0.05) is 5.56 Å². The summed E-state index contributed by atoms with van der Waals surface area (Å²) in [5.74, 6) is -2.54. The van der Waals surface area contributed by atoms with Crippen LogP contribution in [0.2, 0.25) is 0 Å². The topological polar surface area (TPSA) is 29.5 Å². The molecule has 17 heavy (non-hydrogen) atoms. The third-order valence-electron chi connectivity index (χ3n) is 2.06. The van der Waals surface area contributed by atoms with Crippen molar-refractivity contribution in [1.29, 1.82) is 0 Å². The number of hydrogen-bond donors (Lipinski definition) is 1. The van der Waals surface area contributed by atoms with Gasteiger partial charge in [-0.3, -0.25) is 0 Å². The molecular formula is C8H9B3F4O2. The molecule has 0 fully saturated rings. The SMILES string of the molecule is BC(B)(B)c1c(O)ccc(OC(F)(F)F)c1F. The van der Waals surface area contributed by atoms with E-state index in [1.807, 2.05) is 0 Å². The summed E-state index contributed by atoms with van der Waals surface area (Å²) in [6, 6.07) is 1.72. The lowest BCUT2D eigenvalue weighted by molar-refractivity contribution is -0.275. The fraction of sp³-hybridized carbons (Fsp3) is 0.250. The highest BCUT2D eigenvalue weighted by molar-refractivity contribution is 6.59. The van der Waals surface area contributed by atoms with E-state index in [2.05, 4.69) is 4.74 Å². The normalized spacial score (nSPS) is 12.5. The number of aromatic hydroxyl groups is 1. The molecule has 0 aromatic heterocycles. The molecule has 0 atom stereocenters. The fourth-order valence-corrected chi connectivity index (χ4v) is 1.46. The van der Waals surface area contributed by atoms with Crippen molar-refractivity contribution in [2.24, 2.45) is 0 Å². The Kier molecular flexibility index (Phi) is 3.41. The van der Waals surface area contributed by atoms with E-state index in [0.29, 0.717) is 0 Å². The molecule has 2 nitrogen and oxygen atoms in total. The second-order valence-corrected chi connectivity index (χ2v) is 4.57. The maximum absolute atomic E-state index is 13.8. The molecule has 90 valence electrons. The molecule has 0 heterocycles. The summed E-state index contributed by atoms with van der Waals surface area (Å²) < 4.78 is 53.3. The zero-order valence-corrected chi connectivity index (χ0v) is 9.52. The second kappa shape index (κ2) is 4.20. The van der Waals surface area contributed by atoms with Crippen molar-refractivity contribution in [3.05, 3.63) is 23.5 Å². The third kappa shape index (κ3) is 3.34. The predicted octanol–water partition coefficient (Wildman–Crippen LogP) is -0.560. The molecule has 9 heteroatoms. The highest BCUT2D eigenvalue weighted by atomic mass is 19.4. The van der Waals surface area contributed by atoms with Gasteiger partial charge in [0.25, 0.3) is 0 Å². The summed E-state index contributed by atoms with van der Waals surface area (Å²) in [7, 11) is 4.72. The molecule has 0 aliphatic heterocycles. The minimum Gasteiger partial charge on any atom is -0.508 e. The molecule has 0 aliphatic rings. The first-order valence-corrected chi connectivity index (χ1v) is 4.80. The molecule has 0 aliphatic carbocycles. The van der Waals surface area contributed by atoms with E-state index >= 15 is 0 Å². The predicted molar refractivity (Wildman–Crippen MR) is 62.1 cm³/mol. The van der Waals surface area contributed by atoms with E-state index < -0.39 is 28.8 Å². The lowest BCUT2D eigenvalue weighted by Gasteiger charge is -2.22. The summed E-state index contributed by atoms with van der Waals surface area (Å²) in [6.07, 6.45) is -4.97. The molecule has 0 unspecified atom stereocenters.